The SMILES string of the molecule is O=S(=O)(O)C(F)(F)[I-](F)(c1ccc2c(c1)OCO2)c1ccc2c(c1)OCO2. The molecule has 2 aromatic carbocycles. The molecule has 148 valence electrons. The van der Waals surface area contributed by atoms with Crippen LogP contribution in [0.2, 0.25) is 0 Å². The zero-order valence-corrected chi connectivity index (χ0v) is 16.2. The van der Waals surface area contributed by atoms with Crippen molar-refractivity contribution in [3.8, 4) is 23.0 Å². The molecule has 0 bridgehead atoms. The van der Waals surface area contributed by atoms with Crippen molar-refractivity contribution in [2.45, 2.75) is 3.26 Å². The van der Waals surface area contributed by atoms with E-state index in [9.17, 15) is 17.2 Å². The van der Waals surface area contributed by atoms with Gasteiger partial charge in [-0.1, -0.05) is 0 Å². The third-order valence-electron chi connectivity index (χ3n) is 3.87. The molecule has 0 atom stereocenters. The Balaban J connectivity index is 1.96. The summed E-state index contributed by atoms with van der Waals surface area (Å²) in [5.41, 5.74) is 0. The van der Waals surface area contributed by atoms with Crippen molar-refractivity contribution < 1.29 is 62.6 Å². The molecule has 0 saturated carbocycles. The van der Waals surface area contributed by atoms with Gasteiger partial charge in [0.05, 0.1) is 0 Å². The van der Waals surface area contributed by atoms with Gasteiger partial charge >= 0.3 is 156 Å². The van der Waals surface area contributed by atoms with Crippen LogP contribution in [-0.2, 0) is 10.1 Å². The fourth-order valence-corrected chi connectivity index (χ4v) is 11.3. The van der Waals surface area contributed by atoms with Crippen molar-refractivity contribution in [2.24, 2.45) is 0 Å². The maximum atomic E-state index is 16.2. The van der Waals surface area contributed by atoms with Crippen LogP contribution in [0.1, 0.15) is 0 Å². The minimum atomic E-state index is -6.47. The van der Waals surface area contributed by atoms with Crippen LogP contribution in [0.25, 0.3) is 0 Å². The molecule has 0 saturated heterocycles. The molecular formula is C15H11F3IO7S-. The van der Waals surface area contributed by atoms with Crippen molar-refractivity contribution >= 4 is 10.1 Å². The maximum absolute atomic E-state index is 16.2. The molecular weight excluding hydrogens is 508 g/mol. The first kappa shape index (κ1) is 18.4. The van der Waals surface area contributed by atoms with E-state index in [0.29, 0.717) is 0 Å². The fourth-order valence-electron chi connectivity index (χ4n) is 2.58. The molecule has 0 fully saturated rings. The van der Waals surface area contributed by atoms with Gasteiger partial charge in [0.1, 0.15) is 0 Å². The number of ether oxygens (including phenoxy) is 4. The molecule has 12 heteroatoms. The summed E-state index contributed by atoms with van der Waals surface area (Å²) >= 11 is -6.47. The van der Waals surface area contributed by atoms with Crippen LogP contribution in [0.4, 0.5) is 11.6 Å². The summed E-state index contributed by atoms with van der Waals surface area (Å²) in [7, 11) is -6.06. The van der Waals surface area contributed by atoms with Crippen LogP contribution in [0.5, 0.6) is 23.0 Å². The van der Waals surface area contributed by atoms with E-state index in [0.717, 1.165) is 24.3 Å². The quantitative estimate of drug-likeness (QED) is 0.336. The predicted molar refractivity (Wildman–Crippen MR) is 80.1 cm³/mol. The molecule has 27 heavy (non-hydrogen) atoms. The molecule has 2 aliphatic rings. The average Bonchev–Trinajstić information content (AvgIpc) is 3.27. The topological polar surface area (TPSA) is 91.3 Å². The molecule has 0 aromatic heterocycles. The van der Waals surface area contributed by atoms with Crippen LogP contribution in [-0.4, -0.2) is 29.8 Å². The second-order valence-electron chi connectivity index (χ2n) is 5.41. The van der Waals surface area contributed by atoms with E-state index in [4.69, 9.17) is 23.5 Å². The molecule has 0 amide bonds. The Morgan fingerprint density at radius 1 is 0.852 bits per heavy atom. The van der Waals surface area contributed by atoms with E-state index >= 15 is 2.86 Å². The zero-order valence-electron chi connectivity index (χ0n) is 13.2. The van der Waals surface area contributed by atoms with Crippen molar-refractivity contribution in [3.05, 3.63) is 43.5 Å². The first-order valence-corrected chi connectivity index (χ1v) is 12.7. The third kappa shape index (κ3) is 2.69. The summed E-state index contributed by atoms with van der Waals surface area (Å²) in [6, 6.07) is 6.39. The molecule has 4 rings (SSSR count). The molecule has 2 aromatic rings. The number of alkyl halides is 3. The second-order valence-corrected chi connectivity index (χ2v) is 14.3. The van der Waals surface area contributed by atoms with E-state index in [1.165, 1.54) is 12.1 Å². The first-order valence-electron chi connectivity index (χ1n) is 7.26. The summed E-state index contributed by atoms with van der Waals surface area (Å²) in [5.74, 6) is 0.432. The Hall–Kier alpha value is -1.93. The van der Waals surface area contributed by atoms with Crippen LogP contribution in [0.3, 0.4) is 0 Å². The zero-order chi connectivity index (χ0) is 19.4. The van der Waals surface area contributed by atoms with Crippen molar-refractivity contribution in [2.75, 3.05) is 13.6 Å². The van der Waals surface area contributed by atoms with Crippen molar-refractivity contribution in [1.82, 2.24) is 0 Å². The van der Waals surface area contributed by atoms with Gasteiger partial charge in [-0.15, -0.1) is 0 Å². The summed E-state index contributed by atoms with van der Waals surface area (Å²) in [6.07, 6.45) is 0. The number of halogens is 4. The Kier molecular flexibility index (Phi) is 4.12. The monoisotopic (exact) mass is 519 g/mol. The molecule has 0 radical (unpaired) electrons. The minimum absolute atomic E-state index is 0.00464. The standard InChI is InChI=1S/C15H11F3IO7S/c16-15(17,27(20,21)22)19(18,9-1-3-11-13(5-9)25-7-23-11)10-2-4-12-14(6-10)26-8-24-12/h1-6H,7-8H2,(H,20,21,22)/q-1. The Labute approximate surface area is 156 Å². The van der Waals surface area contributed by atoms with Gasteiger partial charge in [-0.25, -0.2) is 0 Å². The van der Waals surface area contributed by atoms with E-state index in [-0.39, 0.29) is 36.6 Å². The van der Waals surface area contributed by atoms with Crippen molar-refractivity contribution in [3.63, 3.8) is 0 Å². The van der Waals surface area contributed by atoms with Crippen LogP contribution < -0.4 is 38.0 Å². The van der Waals surface area contributed by atoms with E-state index in [2.05, 4.69) is 0 Å². The van der Waals surface area contributed by atoms with Crippen molar-refractivity contribution in [1.29, 1.82) is 0 Å². The second kappa shape index (κ2) is 6.04. The normalized spacial score (nSPS) is 16.4. The van der Waals surface area contributed by atoms with Crippen LogP contribution in [0.15, 0.2) is 36.4 Å². The molecule has 1 N–H and O–H groups in total. The van der Waals surface area contributed by atoms with Gasteiger partial charge in [0, 0.05) is 0 Å². The molecule has 2 aliphatic heterocycles. The van der Waals surface area contributed by atoms with Gasteiger partial charge in [0.2, 0.25) is 0 Å². The van der Waals surface area contributed by atoms with Gasteiger partial charge in [-0.05, 0) is 0 Å². The van der Waals surface area contributed by atoms with Crippen LogP contribution in [0, 0.1) is 7.14 Å². The Morgan fingerprint density at radius 2 is 1.26 bits per heavy atom. The van der Waals surface area contributed by atoms with E-state index < -0.39 is 39.5 Å². The van der Waals surface area contributed by atoms with E-state index in [1.54, 1.807) is 0 Å². The third-order valence-corrected chi connectivity index (χ3v) is 14.1. The molecule has 0 unspecified atom stereocenters. The fraction of sp³-hybridized carbons (Fsp3) is 0.200. The van der Waals surface area contributed by atoms with Gasteiger partial charge in [0.15, 0.2) is 0 Å². The first-order chi connectivity index (χ1) is 12.6. The molecule has 0 aliphatic carbocycles. The summed E-state index contributed by atoms with van der Waals surface area (Å²) in [6.45, 7) is -0.355. The van der Waals surface area contributed by atoms with Crippen LogP contribution >= 0.6 is 0 Å². The number of hydrogen-bond donors (Lipinski definition) is 1. The van der Waals surface area contributed by atoms with Gasteiger partial charge in [0.25, 0.3) is 0 Å². The predicted octanol–water partition coefficient (Wildman–Crippen LogP) is -0.334. The molecule has 2 heterocycles. The Morgan fingerprint density at radius 3 is 1.67 bits per heavy atom. The van der Waals surface area contributed by atoms with E-state index in [1.807, 2.05) is 0 Å². The number of fused-ring (bicyclic) bond motifs is 2. The molecule has 7 nitrogen and oxygen atoms in total. The van der Waals surface area contributed by atoms with Gasteiger partial charge in [-0.3, -0.25) is 0 Å². The number of hydrogen-bond acceptors (Lipinski definition) is 6. The number of benzene rings is 2. The van der Waals surface area contributed by atoms with Gasteiger partial charge in [-0.2, -0.15) is 0 Å². The molecule has 0 spiro atoms. The Bertz CT molecular complexity index is 971. The number of rotatable bonds is 4. The summed E-state index contributed by atoms with van der Waals surface area (Å²) in [4.78, 5) is 0. The van der Waals surface area contributed by atoms with Gasteiger partial charge < -0.3 is 0 Å². The summed E-state index contributed by atoms with van der Waals surface area (Å²) < 4.78 is 91.8. The summed E-state index contributed by atoms with van der Waals surface area (Å²) in [5, 5.41) is 0. The average molecular weight is 519 g/mol.